The van der Waals surface area contributed by atoms with Crippen LogP contribution < -0.4 is 9.47 Å². The second kappa shape index (κ2) is 10.1. The Morgan fingerprint density at radius 1 is 0.793 bits per heavy atom. The van der Waals surface area contributed by atoms with Crippen LogP contribution in [0.3, 0.4) is 0 Å². The maximum Gasteiger partial charge on any atom is 0.343 e. The number of benzene rings is 3. The number of ether oxygens (including phenoxy) is 3. The van der Waals surface area contributed by atoms with Crippen molar-refractivity contribution in [2.45, 2.75) is 6.92 Å². The number of para-hydroxylation sites is 1. The number of carbonyl (C=O) groups is 2. The molecule has 6 heteroatoms. The van der Waals surface area contributed by atoms with Gasteiger partial charge >= 0.3 is 11.9 Å². The predicted octanol–water partition coefficient (Wildman–Crippen LogP) is 5.05. The molecule has 0 saturated heterocycles. The molecule has 0 aromatic heterocycles. The molecule has 3 aromatic rings. The third kappa shape index (κ3) is 6.05. The molecule has 0 bridgehead atoms. The number of aryl methyl sites for hydroxylation is 1. The van der Waals surface area contributed by atoms with Crippen LogP contribution in [0.25, 0.3) is 0 Å². The Labute approximate surface area is 182 Å². The Morgan fingerprint density at radius 3 is 2.17 bits per heavy atom. The highest BCUT2D eigenvalue weighted by Gasteiger charge is 2.12. The van der Waals surface area contributed by atoms with Crippen LogP contribution in [0.1, 0.15) is 26.3 Å². The first-order valence-corrected chi connectivity index (χ1v) is 10.0. The van der Waals surface area contributed by atoms with Crippen LogP contribution >= 0.6 is 22.6 Å². The van der Waals surface area contributed by atoms with Gasteiger partial charge in [0, 0.05) is 3.57 Å². The van der Waals surface area contributed by atoms with Gasteiger partial charge in [0.15, 0.2) is 0 Å². The maximum absolute atomic E-state index is 12.3. The Balaban J connectivity index is 1.49. The topological polar surface area (TPSA) is 61.8 Å². The second-order valence-corrected chi connectivity index (χ2v) is 7.34. The molecule has 0 amide bonds. The van der Waals surface area contributed by atoms with Crippen LogP contribution in [0.15, 0.2) is 72.8 Å². The van der Waals surface area contributed by atoms with Gasteiger partial charge in [0.1, 0.15) is 24.7 Å². The number of rotatable bonds is 7. The van der Waals surface area contributed by atoms with Gasteiger partial charge in [-0.1, -0.05) is 24.3 Å². The summed E-state index contributed by atoms with van der Waals surface area (Å²) >= 11 is 2.17. The van der Waals surface area contributed by atoms with Gasteiger partial charge in [-0.25, -0.2) is 9.59 Å². The van der Waals surface area contributed by atoms with Crippen LogP contribution in [0.5, 0.6) is 11.5 Å². The highest BCUT2D eigenvalue weighted by atomic mass is 127. The Hall–Kier alpha value is -2.87. The van der Waals surface area contributed by atoms with Crippen molar-refractivity contribution in [3.63, 3.8) is 0 Å². The lowest BCUT2D eigenvalue weighted by Gasteiger charge is -2.08. The van der Waals surface area contributed by atoms with Crippen LogP contribution in [0, 0.1) is 10.5 Å². The summed E-state index contributed by atoms with van der Waals surface area (Å²) in [6.45, 7) is 2.37. The fourth-order valence-electron chi connectivity index (χ4n) is 2.44. The van der Waals surface area contributed by atoms with E-state index in [9.17, 15) is 9.59 Å². The van der Waals surface area contributed by atoms with Crippen molar-refractivity contribution in [1.82, 2.24) is 0 Å². The zero-order valence-corrected chi connectivity index (χ0v) is 17.9. The Kier molecular flexibility index (Phi) is 7.24. The molecule has 0 radical (unpaired) electrons. The van der Waals surface area contributed by atoms with Gasteiger partial charge in [-0.3, -0.25) is 0 Å². The monoisotopic (exact) mass is 502 g/mol. The summed E-state index contributed by atoms with van der Waals surface area (Å²) in [6, 6.07) is 20.9. The molecule has 0 atom stereocenters. The molecule has 0 heterocycles. The second-order valence-electron chi connectivity index (χ2n) is 6.18. The van der Waals surface area contributed by atoms with E-state index in [-0.39, 0.29) is 13.2 Å². The molecule has 3 rings (SSSR count). The number of hydrogen-bond acceptors (Lipinski definition) is 5. The quantitative estimate of drug-likeness (QED) is 0.196. The number of halogens is 1. The van der Waals surface area contributed by atoms with Crippen LogP contribution in [0.4, 0.5) is 0 Å². The van der Waals surface area contributed by atoms with Crippen LogP contribution in [-0.2, 0) is 4.74 Å². The van der Waals surface area contributed by atoms with E-state index >= 15 is 0 Å². The van der Waals surface area contributed by atoms with E-state index in [4.69, 9.17) is 14.2 Å². The summed E-state index contributed by atoms with van der Waals surface area (Å²) in [5.41, 5.74) is 1.94. The standard InChI is InChI=1S/C23H19IO5/c1-16-7-8-18(15-21(16)24)23(26)29-20-11-9-17(10-12-20)22(25)28-14-13-27-19-5-3-2-4-6-19/h2-12,15H,13-14H2,1H3. The van der Waals surface area contributed by atoms with Crippen molar-refractivity contribution < 1.29 is 23.8 Å². The minimum Gasteiger partial charge on any atom is -0.490 e. The van der Waals surface area contributed by atoms with Crippen molar-refractivity contribution in [1.29, 1.82) is 0 Å². The van der Waals surface area contributed by atoms with Crippen molar-refractivity contribution >= 4 is 34.5 Å². The van der Waals surface area contributed by atoms with E-state index in [2.05, 4.69) is 22.6 Å². The van der Waals surface area contributed by atoms with Crippen molar-refractivity contribution in [2.24, 2.45) is 0 Å². The molecule has 0 saturated carbocycles. The molecular weight excluding hydrogens is 483 g/mol. The minimum absolute atomic E-state index is 0.135. The molecule has 148 valence electrons. The summed E-state index contributed by atoms with van der Waals surface area (Å²) in [5, 5.41) is 0. The molecule has 0 N–H and O–H groups in total. The van der Waals surface area contributed by atoms with E-state index in [1.54, 1.807) is 36.4 Å². The van der Waals surface area contributed by atoms with E-state index in [1.807, 2.05) is 43.3 Å². The molecule has 29 heavy (non-hydrogen) atoms. The number of hydrogen-bond donors (Lipinski definition) is 0. The number of carbonyl (C=O) groups excluding carboxylic acids is 2. The van der Waals surface area contributed by atoms with Crippen molar-refractivity contribution in [3.05, 3.63) is 93.1 Å². The van der Waals surface area contributed by atoms with Gasteiger partial charge in [0.2, 0.25) is 0 Å². The third-order valence-corrected chi connectivity index (χ3v) is 5.20. The first kappa shape index (κ1) is 20.9. The van der Waals surface area contributed by atoms with Gasteiger partial charge < -0.3 is 14.2 Å². The highest BCUT2D eigenvalue weighted by molar-refractivity contribution is 14.1. The molecule has 5 nitrogen and oxygen atoms in total. The minimum atomic E-state index is -0.465. The largest absolute Gasteiger partial charge is 0.490 e. The maximum atomic E-state index is 12.3. The average molecular weight is 502 g/mol. The molecular formula is C23H19IO5. The summed E-state index contributed by atoms with van der Waals surface area (Å²) in [6.07, 6.45) is 0. The Morgan fingerprint density at radius 2 is 1.48 bits per heavy atom. The fourth-order valence-corrected chi connectivity index (χ4v) is 2.95. The molecule has 0 aliphatic rings. The molecule has 0 spiro atoms. The normalized spacial score (nSPS) is 10.3. The van der Waals surface area contributed by atoms with E-state index < -0.39 is 11.9 Å². The molecule has 0 fully saturated rings. The summed E-state index contributed by atoms with van der Waals surface area (Å²) in [5.74, 6) is 0.163. The lowest BCUT2D eigenvalue weighted by molar-refractivity contribution is 0.0450. The third-order valence-electron chi connectivity index (χ3n) is 4.04. The molecule has 0 unspecified atom stereocenters. The summed E-state index contributed by atoms with van der Waals surface area (Å²) in [4.78, 5) is 24.4. The Bertz CT molecular complexity index is 984. The average Bonchev–Trinajstić information content (AvgIpc) is 2.74. The van der Waals surface area contributed by atoms with Crippen molar-refractivity contribution in [3.8, 4) is 11.5 Å². The van der Waals surface area contributed by atoms with Crippen LogP contribution in [-0.4, -0.2) is 25.2 Å². The lowest BCUT2D eigenvalue weighted by atomic mass is 10.1. The predicted molar refractivity (Wildman–Crippen MR) is 118 cm³/mol. The summed E-state index contributed by atoms with van der Waals surface area (Å²) < 4.78 is 17.0. The molecule has 3 aromatic carbocycles. The highest BCUT2D eigenvalue weighted by Crippen LogP contribution is 2.18. The molecule has 0 aliphatic heterocycles. The van der Waals surface area contributed by atoms with Gasteiger partial charge in [0.25, 0.3) is 0 Å². The number of esters is 2. The zero-order chi connectivity index (χ0) is 20.6. The lowest BCUT2D eigenvalue weighted by Crippen LogP contribution is -2.12. The first-order chi connectivity index (χ1) is 14.0. The van der Waals surface area contributed by atoms with Gasteiger partial charge in [-0.05, 0) is 83.6 Å². The SMILES string of the molecule is Cc1ccc(C(=O)Oc2ccc(C(=O)OCCOc3ccccc3)cc2)cc1I. The zero-order valence-electron chi connectivity index (χ0n) is 15.8. The van der Waals surface area contributed by atoms with Crippen molar-refractivity contribution in [2.75, 3.05) is 13.2 Å². The smallest absolute Gasteiger partial charge is 0.343 e. The van der Waals surface area contributed by atoms with E-state index in [1.165, 1.54) is 0 Å². The van der Waals surface area contributed by atoms with Gasteiger partial charge in [-0.15, -0.1) is 0 Å². The summed E-state index contributed by atoms with van der Waals surface area (Å²) in [7, 11) is 0. The molecule has 0 aliphatic carbocycles. The first-order valence-electron chi connectivity index (χ1n) is 8.96. The van der Waals surface area contributed by atoms with Gasteiger partial charge in [-0.2, -0.15) is 0 Å². The fraction of sp³-hybridized carbons (Fsp3) is 0.130. The van der Waals surface area contributed by atoms with Gasteiger partial charge in [0.05, 0.1) is 11.1 Å². The van der Waals surface area contributed by atoms with Crippen LogP contribution in [0.2, 0.25) is 0 Å². The van der Waals surface area contributed by atoms with E-state index in [0.29, 0.717) is 16.9 Å². The van der Waals surface area contributed by atoms with E-state index in [0.717, 1.165) is 14.9 Å².